The second-order valence-electron chi connectivity index (χ2n) is 9.92. The molecule has 2 N–H and O–H groups in total. The molecule has 5 rings (SSSR count). The summed E-state index contributed by atoms with van der Waals surface area (Å²) in [7, 11) is 0. The molecule has 0 saturated heterocycles. The van der Waals surface area contributed by atoms with E-state index in [4.69, 9.17) is 11.6 Å². The van der Waals surface area contributed by atoms with Crippen LogP contribution in [-0.4, -0.2) is 32.7 Å². The number of carbonyl (C=O) groups is 1. The molecule has 2 aliphatic rings. The Labute approximate surface area is 208 Å². The lowest BCUT2D eigenvalue weighted by Crippen LogP contribution is -2.44. The van der Waals surface area contributed by atoms with Crippen LogP contribution in [0.25, 0.3) is 22.4 Å². The first-order valence-electron chi connectivity index (χ1n) is 12.5. The average Bonchev–Trinajstić information content (AvgIpc) is 3.20. The minimum Gasteiger partial charge on any atom is -0.393 e. The highest BCUT2D eigenvalue weighted by Gasteiger charge is 2.36. The summed E-state index contributed by atoms with van der Waals surface area (Å²) in [4.78, 5) is 18.6. The SMILES string of the molecule is O=C(NC1CCC(O)CC1)[C@H](C1CCCCC1)n1c(-c2ccc(Cl)cc2)nc2cc(F)c(F)cc21. The van der Waals surface area contributed by atoms with Crippen molar-refractivity contribution >= 4 is 28.5 Å². The molecule has 8 heteroatoms. The number of fused-ring (bicyclic) bond motifs is 1. The highest BCUT2D eigenvalue weighted by Crippen LogP contribution is 2.39. The maximum Gasteiger partial charge on any atom is 0.243 e. The number of nitrogens with one attached hydrogen (secondary N) is 1. The lowest BCUT2D eigenvalue weighted by atomic mass is 9.82. The third kappa shape index (κ3) is 5.07. The van der Waals surface area contributed by atoms with Crippen molar-refractivity contribution in [3.05, 3.63) is 53.1 Å². The van der Waals surface area contributed by atoms with Crippen LogP contribution in [0, 0.1) is 17.6 Å². The topological polar surface area (TPSA) is 67.2 Å². The van der Waals surface area contributed by atoms with E-state index >= 15 is 0 Å². The van der Waals surface area contributed by atoms with Crippen molar-refractivity contribution in [3.63, 3.8) is 0 Å². The summed E-state index contributed by atoms with van der Waals surface area (Å²) in [6.07, 6.45) is 7.38. The van der Waals surface area contributed by atoms with Gasteiger partial charge < -0.3 is 15.0 Å². The Morgan fingerprint density at radius 3 is 2.34 bits per heavy atom. The number of benzene rings is 2. The fourth-order valence-corrected chi connectivity index (χ4v) is 5.80. The molecule has 5 nitrogen and oxygen atoms in total. The first-order valence-corrected chi connectivity index (χ1v) is 12.9. The summed E-state index contributed by atoms with van der Waals surface area (Å²) in [6.45, 7) is 0. The van der Waals surface area contributed by atoms with Crippen molar-refractivity contribution in [1.29, 1.82) is 0 Å². The molecule has 2 aromatic carbocycles. The maximum absolute atomic E-state index is 14.5. The van der Waals surface area contributed by atoms with Crippen molar-refractivity contribution in [2.75, 3.05) is 0 Å². The standard InChI is InChI=1S/C27H30ClF2N3O2/c28-18-8-6-17(7-9-18)26-32-23-14-21(29)22(30)15-24(23)33(26)25(16-4-2-1-3-5-16)27(35)31-19-10-12-20(34)13-11-19/h6-9,14-16,19-20,25,34H,1-5,10-13H2,(H,31,35)/t19?,20?,25-/m0/s1. The number of imidazole rings is 1. The third-order valence-electron chi connectivity index (χ3n) is 7.52. The molecule has 0 unspecified atom stereocenters. The molecule has 2 fully saturated rings. The molecular weight excluding hydrogens is 472 g/mol. The van der Waals surface area contributed by atoms with E-state index in [0.29, 0.717) is 34.7 Å². The normalized spacial score (nSPS) is 22.3. The van der Waals surface area contributed by atoms with E-state index in [2.05, 4.69) is 10.3 Å². The van der Waals surface area contributed by atoms with Gasteiger partial charge in [-0.2, -0.15) is 0 Å². The van der Waals surface area contributed by atoms with Crippen molar-refractivity contribution in [1.82, 2.24) is 14.9 Å². The highest BCUT2D eigenvalue weighted by molar-refractivity contribution is 6.30. The third-order valence-corrected chi connectivity index (χ3v) is 7.77. The summed E-state index contributed by atoms with van der Waals surface area (Å²) < 4.78 is 30.4. The van der Waals surface area contributed by atoms with Gasteiger partial charge >= 0.3 is 0 Å². The summed E-state index contributed by atoms with van der Waals surface area (Å²) in [5.41, 5.74) is 1.43. The Bertz CT molecular complexity index is 1200. The second-order valence-corrected chi connectivity index (χ2v) is 10.4. The lowest BCUT2D eigenvalue weighted by Gasteiger charge is -2.34. The largest absolute Gasteiger partial charge is 0.393 e. The van der Waals surface area contributed by atoms with Crippen LogP contribution in [-0.2, 0) is 4.79 Å². The van der Waals surface area contributed by atoms with E-state index in [0.717, 1.165) is 62.6 Å². The minimum absolute atomic E-state index is 0.0139. The Balaban J connectivity index is 1.63. The number of hydrogen-bond acceptors (Lipinski definition) is 3. The summed E-state index contributed by atoms with van der Waals surface area (Å²) in [6, 6.07) is 8.73. The number of carbonyl (C=O) groups excluding carboxylic acids is 1. The number of rotatable bonds is 5. The Morgan fingerprint density at radius 2 is 1.66 bits per heavy atom. The second kappa shape index (κ2) is 10.2. The molecule has 2 aliphatic carbocycles. The van der Waals surface area contributed by atoms with Crippen LogP contribution in [0.5, 0.6) is 0 Å². The molecule has 2 saturated carbocycles. The molecule has 3 aromatic rings. The molecule has 35 heavy (non-hydrogen) atoms. The van der Waals surface area contributed by atoms with Crippen LogP contribution in [0.15, 0.2) is 36.4 Å². The van der Waals surface area contributed by atoms with E-state index in [-0.39, 0.29) is 24.0 Å². The average molecular weight is 502 g/mol. The van der Waals surface area contributed by atoms with Crippen molar-refractivity contribution < 1.29 is 18.7 Å². The highest BCUT2D eigenvalue weighted by atomic mass is 35.5. The van der Waals surface area contributed by atoms with Gasteiger partial charge in [-0.25, -0.2) is 13.8 Å². The number of aliphatic hydroxyl groups excluding tert-OH is 1. The number of hydrogen-bond donors (Lipinski definition) is 2. The van der Waals surface area contributed by atoms with Gasteiger partial charge in [0, 0.05) is 28.8 Å². The van der Waals surface area contributed by atoms with Crippen LogP contribution in [0.1, 0.15) is 63.8 Å². The number of aromatic nitrogens is 2. The van der Waals surface area contributed by atoms with E-state index < -0.39 is 17.7 Å². The summed E-state index contributed by atoms with van der Waals surface area (Å²) in [5, 5.41) is 13.7. The fraction of sp³-hybridized carbons (Fsp3) is 0.481. The molecule has 1 atom stereocenters. The van der Waals surface area contributed by atoms with Gasteiger partial charge in [0.1, 0.15) is 11.9 Å². The number of halogens is 3. The van der Waals surface area contributed by atoms with E-state index in [1.54, 1.807) is 12.1 Å². The van der Waals surface area contributed by atoms with E-state index in [1.165, 1.54) is 0 Å². The van der Waals surface area contributed by atoms with Crippen molar-refractivity contribution in [2.45, 2.75) is 76.0 Å². The zero-order valence-electron chi connectivity index (χ0n) is 19.5. The molecular formula is C27H30ClF2N3O2. The van der Waals surface area contributed by atoms with Gasteiger partial charge in [-0.15, -0.1) is 0 Å². The van der Waals surface area contributed by atoms with E-state index in [9.17, 15) is 18.7 Å². The molecule has 1 aromatic heterocycles. The van der Waals surface area contributed by atoms with Gasteiger partial charge in [-0.1, -0.05) is 30.9 Å². The zero-order chi connectivity index (χ0) is 24.5. The number of amides is 1. The molecule has 0 bridgehead atoms. The zero-order valence-corrected chi connectivity index (χ0v) is 20.3. The fourth-order valence-electron chi connectivity index (χ4n) is 5.67. The quantitative estimate of drug-likeness (QED) is 0.439. The van der Waals surface area contributed by atoms with Crippen LogP contribution in [0.2, 0.25) is 5.02 Å². The lowest BCUT2D eigenvalue weighted by molar-refractivity contribution is -0.127. The summed E-state index contributed by atoms with van der Waals surface area (Å²) >= 11 is 6.10. The molecule has 1 amide bonds. The molecule has 186 valence electrons. The van der Waals surface area contributed by atoms with Crippen LogP contribution in [0.4, 0.5) is 8.78 Å². The number of aliphatic hydroxyl groups is 1. The number of nitrogens with zero attached hydrogens (tertiary/aromatic N) is 2. The van der Waals surface area contributed by atoms with Gasteiger partial charge in [0.05, 0.1) is 17.1 Å². The molecule has 1 heterocycles. The Morgan fingerprint density at radius 1 is 1.00 bits per heavy atom. The smallest absolute Gasteiger partial charge is 0.243 e. The van der Waals surface area contributed by atoms with Crippen molar-refractivity contribution in [3.8, 4) is 11.4 Å². The molecule has 0 spiro atoms. The maximum atomic E-state index is 14.5. The predicted octanol–water partition coefficient (Wildman–Crippen LogP) is 6.18. The first kappa shape index (κ1) is 24.2. The van der Waals surface area contributed by atoms with Crippen LogP contribution >= 0.6 is 11.6 Å². The Hall–Kier alpha value is -2.51. The minimum atomic E-state index is -0.968. The van der Waals surface area contributed by atoms with Crippen LogP contribution < -0.4 is 5.32 Å². The van der Waals surface area contributed by atoms with Crippen molar-refractivity contribution in [2.24, 2.45) is 5.92 Å². The van der Waals surface area contributed by atoms with Crippen LogP contribution in [0.3, 0.4) is 0 Å². The Kier molecular flexibility index (Phi) is 7.07. The van der Waals surface area contributed by atoms with E-state index in [1.807, 2.05) is 16.7 Å². The van der Waals surface area contributed by atoms with Gasteiger partial charge in [0.15, 0.2) is 11.6 Å². The molecule has 0 radical (unpaired) electrons. The first-order chi connectivity index (χ1) is 16.9. The van der Waals surface area contributed by atoms with Gasteiger partial charge in [0.2, 0.25) is 5.91 Å². The summed E-state index contributed by atoms with van der Waals surface area (Å²) in [5.74, 6) is -1.52. The van der Waals surface area contributed by atoms with Gasteiger partial charge in [-0.05, 0) is 68.7 Å². The predicted molar refractivity (Wildman–Crippen MR) is 132 cm³/mol. The molecule has 0 aliphatic heterocycles. The monoisotopic (exact) mass is 501 g/mol. The van der Waals surface area contributed by atoms with Gasteiger partial charge in [0.25, 0.3) is 0 Å². The van der Waals surface area contributed by atoms with Gasteiger partial charge in [-0.3, -0.25) is 4.79 Å².